The Kier molecular flexibility index (Phi) is 6.89. The van der Waals surface area contributed by atoms with Crippen molar-refractivity contribution in [2.75, 3.05) is 14.2 Å². The van der Waals surface area contributed by atoms with Crippen LogP contribution in [0.2, 0.25) is 0 Å². The Morgan fingerprint density at radius 2 is 1.82 bits per heavy atom. The molecule has 0 fully saturated rings. The summed E-state index contributed by atoms with van der Waals surface area (Å²) in [6, 6.07) is 9.43. The molecule has 1 rings (SSSR count). The molecule has 1 aromatic rings. The van der Waals surface area contributed by atoms with Gasteiger partial charge >= 0.3 is 12.1 Å². The van der Waals surface area contributed by atoms with Crippen molar-refractivity contribution in [2.45, 2.75) is 45.3 Å². The summed E-state index contributed by atoms with van der Waals surface area (Å²) in [5.41, 5.74) is -0.0722. The van der Waals surface area contributed by atoms with Crippen LogP contribution in [0, 0.1) is 0 Å². The summed E-state index contributed by atoms with van der Waals surface area (Å²) < 4.78 is 10.2. The fourth-order valence-electron chi connectivity index (χ4n) is 2.56. The van der Waals surface area contributed by atoms with Gasteiger partial charge in [0, 0.05) is 7.05 Å². The molecule has 0 saturated carbocycles. The number of carbonyl (C=O) groups excluding carboxylic acids is 2. The monoisotopic (exact) mass is 307 g/mol. The molecule has 0 saturated heterocycles. The van der Waals surface area contributed by atoms with E-state index in [2.05, 4.69) is 0 Å². The van der Waals surface area contributed by atoms with Crippen LogP contribution in [0.1, 0.15) is 38.7 Å². The van der Waals surface area contributed by atoms with E-state index < -0.39 is 17.6 Å². The van der Waals surface area contributed by atoms with Crippen molar-refractivity contribution >= 4 is 12.1 Å². The standard InChI is InChI=1S/C17H25NO4/c1-5-12-17(6-2,15(19)21-4)18(3)16(20)22-13-14-10-8-7-9-11-14/h7-11H,5-6,12-13H2,1-4H3/t17-/m1/s1. The highest BCUT2D eigenvalue weighted by Gasteiger charge is 2.44. The van der Waals surface area contributed by atoms with E-state index in [4.69, 9.17) is 9.47 Å². The van der Waals surface area contributed by atoms with E-state index in [9.17, 15) is 9.59 Å². The Bertz CT molecular complexity index is 489. The number of hydrogen-bond donors (Lipinski definition) is 0. The molecule has 22 heavy (non-hydrogen) atoms. The molecule has 0 bridgehead atoms. The Morgan fingerprint density at radius 1 is 1.18 bits per heavy atom. The highest BCUT2D eigenvalue weighted by molar-refractivity contribution is 5.85. The lowest BCUT2D eigenvalue weighted by Gasteiger charge is -2.37. The van der Waals surface area contributed by atoms with Gasteiger partial charge in [0.05, 0.1) is 7.11 Å². The lowest BCUT2D eigenvalue weighted by Crippen LogP contribution is -2.55. The molecule has 1 amide bonds. The topological polar surface area (TPSA) is 55.8 Å². The molecule has 0 N–H and O–H groups in total. The van der Waals surface area contributed by atoms with Crippen LogP contribution in [0.25, 0.3) is 0 Å². The van der Waals surface area contributed by atoms with Gasteiger partial charge in [0.15, 0.2) is 0 Å². The van der Waals surface area contributed by atoms with Crippen molar-refractivity contribution in [3.63, 3.8) is 0 Å². The second-order valence-electron chi connectivity index (χ2n) is 5.23. The average molecular weight is 307 g/mol. The Hall–Kier alpha value is -2.04. The fourth-order valence-corrected chi connectivity index (χ4v) is 2.56. The van der Waals surface area contributed by atoms with Crippen molar-refractivity contribution in [1.29, 1.82) is 0 Å². The Balaban J connectivity index is 2.82. The molecule has 0 heterocycles. The van der Waals surface area contributed by atoms with Crippen LogP contribution in [0.3, 0.4) is 0 Å². The van der Waals surface area contributed by atoms with Gasteiger partial charge in [0.2, 0.25) is 0 Å². The van der Waals surface area contributed by atoms with Gasteiger partial charge in [0.1, 0.15) is 12.1 Å². The minimum Gasteiger partial charge on any atom is -0.467 e. The second-order valence-corrected chi connectivity index (χ2v) is 5.23. The van der Waals surface area contributed by atoms with Crippen molar-refractivity contribution < 1.29 is 19.1 Å². The summed E-state index contributed by atoms with van der Waals surface area (Å²) in [5, 5.41) is 0. The van der Waals surface area contributed by atoms with E-state index in [-0.39, 0.29) is 6.61 Å². The lowest BCUT2D eigenvalue weighted by molar-refractivity contribution is -0.154. The first-order valence-electron chi connectivity index (χ1n) is 7.54. The molecule has 5 heteroatoms. The Morgan fingerprint density at radius 3 is 2.32 bits per heavy atom. The van der Waals surface area contributed by atoms with Crippen LogP contribution < -0.4 is 0 Å². The highest BCUT2D eigenvalue weighted by atomic mass is 16.6. The van der Waals surface area contributed by atoms with E-state index >= 15 is 0 Å². The van der Waals surface area contributed by atoms with Crippen LogP contribution in [0.15, 0.2) is 30.3 Å². The second kappa shape index (κ2) is 8.41. The summed E-state index contributed by atoms with van der Waals surface area (Å²) in [5.74, 6) is -0.406. The molecule has 0 spiro atoms. The van der Waals surface area contributed by atoms with Gasteiger partial charge in [0.25, 0.3) is 0 Å². The van der Waals surface area contributed by atoms with Crippen molar-refractivity contribution in [2.24, 2.45) is 0 Å². The molecule has 0 aliphatic rings. The number of likely N-dealkylation sites (N-methyl/N-ethyl adjacent to an activating group) is 1. The smallest absolute Gasteiger partial charge is 0.410 e. The number of ether oxygens (including phenoxy) is 2. The number of amides is 1. The zero-order valence-corrected chi connectivity index (χ0v) is 13.8. The van der Waals surface area contributed by atoms with Gasteiger partial charge in [-0.1, -0.05) is 50.6 Å². The summed E-state index contributed by atoms with van der Waals surface area (Å²) in [6.45, 7) is 4.02. The third-order valence-electron chi connectivity index (χ3n) is 3.93. The highest BCUT2D eigenvalue weighted by Crippen LogP contribution is 2.27. The van der Waals surface area contributed by atoms with Gasteiger partial charge in [-0.25, -0.2) is 9.59 Å². The fraction of sp³-hybridized carbons (Fsp3) is 0.529. The number of hydrogen-bond acceptors (Lipinski definition) is 4. The zero-order valence-electron chi connectivity index (χ0n) is 13.8. The summed E-state index contributed by atoms with van der Waals surface area (Å²) in [4.78, 5) is 25.9. The third-order valence-corrected chi connectivity index (χ3v) is 3.93. The van der Waals surface area contributed by atoms with E-state index in [0.717, 1.165) is 12.0 Å². The van der Waals surface area contributed by atoms with E-state index in [1.165, 1.54) is 12.0 Å². The predicted octanol–water partition coefficient (Wildman–Crippen LogP) is 3.38. The average Bonchev–Trinajstić information content (AvgIpc) is 2.57. The molecular weight excluding hydrogens is 282 g/mol. The number of rotatable bonds is 7. The van der Waals surface area contributed by atoms with Gasteiger partial charge < -0.3 is 9.47 Å². The Labute approximate surface area is 132 Å². The van der Waals surface area contributed by atoms with Crippen molar-refractivity contribution in [3.8, 4) is 0 Å². The predicted molar refractivity (Wildman–Crippen MR) is 84.3 cm³/mol. The first-order valence-corrected chi connectivity index (χ1v) is 7.54. The zero-order chi connectivity index (χ0) is 16.6. The summed E-state index contributed by atoms with van der Waals surface area (Å²) in [7, 11) is 2.93. The van der Waals surface area contributed by atoms with E-state index in [1.54, 1.807) is 7.05 Å². The SMILES string of the molecule is CCC[C@](CC)(C(=O)OC)N(C)C(=O)OCc1ccccc1. The molecule has 1 aromatic carbocycles. The molecule has 0 aliphatic carbocycles. The van der Waals surface area contributed by atoms with Gasteiger partial charge in [-0.15, -0.1) is 0 Å². The minimum absolute atomic E-state index is 0.178. The maximum Gasteiger partial charge on any atom is 0.410 e. The van der Waals surface area contributed by atoms with Crippen LogP contribution in [0.5, 0.6) is 0 Å². The molecular formula is C17H25NO4. The molecule has 5 nitrogen and oxygen atoms in total. The normalized spacial score (nSPS) is 13.1. The largest absolute Gasteiger partial charge is 0.467 e. The number of methoxy groups -OCH3 is 1. The summed E-state index contributed by atoms with van der Waals surface area (Å²) >= 11 is 0. The number of carbonyl (C=O) groups is 2. The number of nitrogens with zero attached hydrogens (tertiary/aromatic N) is 1. The van der Waals surface area contributed by atoms with Crippen LogP contribution >= 0.6 is 0 Å². The molecule has 122 valence electrons. The maximum absolute atomic E-state index is 12.3. The minimum atomic E-state index is -0.975. The van der Waals surface area contributed by atoms with Gasteiger partial charge in [-0.3, -0.25) is 4.90 Å². The van der Waals surface area contributed by atoms with Crippen LogP contribution in [0.4, 0.5) is 4.79 Å². The number of benzene rings is 1. The van der Waals surface area contributed by atoms with E-state index in [0.29, 0.717) is 12.8 Å². The first-order chi connectivity index (χ1) is 10.5. The number of esters is 1. The summed E-state index contributed by atoms with van der Waals surface area (Å²) in [6.07, 6.45) is 1.25. The maximum atomic E-state index is 12.3. The molecule has 0 aliphatic heterocycles. The third kappa shape index (κ3) is 4.00. The lowest BCUT2D eigenvalue weighted by atomic mass is 9.89. The quantitative estimate of drug-likeness (QED) is 0.725. The molecule has 0 aromatic heterocycles. The molecule has 0 unspecified atom stereocenters. The van der Waals surface area contributed by atoms with Crippen LogP contribution in [-0.2, 0) is 20.9 Å². The van der Waals surface area contributed by atoms with Gasteiger partial charge in [-0.2, -0.15) is 0 Å². The first kappa shape index (κ1) is 18.0. The van der Waals surface area contributed by atoms with Gasteiger partial charge in [-0.05, 0) is 18.4 Å². The van der Waals surface area contributed by atoms with Crippen molar-refractivity contribution in [1.82, 2.24) is 4.90 Å². The molecule has 1 atom stereocenters. The van der Waals surface area contributed by atoms with Crippen LogP contribution in [-0.4, -0.2) is 36.7 Å². The van der Waals surface area contributed by atoms with E-state index in [1.807, 2.05) is 44.2 Å². The molecule has 0 radical (unpaired) electrons. The van der Waals surface area contributed by atoms with Crippen molar-refractivity contribution in [3.05, 3.63) is 35.9 Å².